The fourth-order valence-corrected chi connectivity index (χ4v) is 3.15. The lowest BCUT2D eigenvalue weighted by Crippen LogP contribution is -2.22. The van der Waals surface area contributed by atoms with E-state index < -0.39 is 0 Å². The zero-order valence-electron chi connectivity index (χ0n) is 9.76. The molecule has 0 spiro atoms. The molecular weight excluding hydrogens is 216 g/mol. The Kier molecular flexibility index (Phi) is 2.59. The molecule has 2 heterocycles. The van der Waals surface area contributed by atoms with Gasteiger partial charge in [0.2, 0.25) is 0 Å². The first-order chi connectivity index (χ1) is 8.25. The van der Waals surface area contributed by atoms with Gasteiger partial charge in [0.1, 0.15) is 0 Å². The summed E-state index contributed by atoms with van der Waals surface area (Å²) in [5, 5.41) is 10.9. The molecule has 0 aliphatic carbocycles. The number of nitrogens with zero attached hydrogens (tertiary/aromatic N) is 2. The van der Waals surface area contributed by atoms with Crippen LogP contribution in [0.4, 0.5) is 5.69 Å². The quantitative estimate of drug-likeness (QED) is 0.552. The van der Waals surface area contributed by atoms with Gasteiger partial charge in [-0.2, -0.15) is 0 Å². The van der Waals surface area contributed by atoms with Gasteiger partial charge in [-0.15, -0.1) is 0 Å². The van der Waals surface area contributed by atoms with Crippen LogP contribution in [0.1, 0.15) is 36.4 Å². The van der Waals surface area contributed by atoms with Gasteiger partial charge >= 0.3 is 0 Å². The summed E-state index contributed by atoms with van der Waals surface area (Å²) in [6.07, 6.45) is 4.59. The van der Waals surface area contributed by atoms with E-state index in [1.807, 2.05) is 6.07 Å². The van der Waals surface area contributed by atoms with Crippen molar-refractivity contribution in [2.45, 2.75) is 31.7 Å². The summed E-state index contributed by atoms with van der Waals surface area (Å²) in [6, 6.07) is 5.81. The Morgan fingerprint density at radius 1 is 1.29 bits per heavy atom. The van der Waals surface area contributed by atoms with E-state index in [9.17, 15) is 10.1 Å². The van der Waals surface area contributed by atoms with Crippen LogP contribution in [-0.4, -0.2) is 22.9 Å². The molecule has 1 aromatic rings. The van der Waals surface area contributed by atoms with E-state index in [-0.39, 0.29) is 10.6 Å². The molecule has 0 saturated carbocycles. The molecule has 1 aromatic carbocycles. The number of hydrogen-bond acceptors (Lipinski definition) is 3. The Hall–Kier alpha value is -1.42. The van der Waals surface area contributed by atoms with Gasteiger partial charge < -0.3 is 0 Å². The number of nitro groups is 1. The Bertz CT molecular complexity index is 459. The van der Waals surface area contributed by atoms with E-state index in [1.54, 1.807) is 12.1 Å². The predicted molar refractivity (Wildman–Crippen MR) is 65.0 cm³/mol. The third kappa shape index (κ3) is 1.82. The first-order valence-electron chi connectivity index (χ1n) is 6.27. The molecule has 17 heavy (non-hydrogen) atoms. The zero-order chi connectivity index (χ0) is 11.8. The van der Waals surface area contributed by atoms with E-state index in [4.69, 9.17) is 0 Å². The molecule has 1 unspecified atom stereocenters. The van der Waals surface area contributed by atoms with Crippen LogP contribution in [0.15, 0.2) is 18.2 Å². The van der Waals surface area contributed by atoms with E-state index in [2.05, 4.69) is 4.90 Å². The van der Waals surface area contributed by atoms with Crippen molar-refractivity contribution in [2.24, 2.45) is 0 Å². The fraction of sp³-hybridized carbons (Fsp3) is 0.538. The molecule has 2 aliphatic rings. The molecular formula is C13H16N2O2. The summed E-state index contributed by atoms with van der Waals surface area (Å²) in [6.45, 7) is 2.28. The maximum Gasteiger partial charge on any atom is 0.269 e. The van der Waals surface area contributed by atoms with Crippen molar-refractivity contribution < 1.29 is 4.92 Å². The summed E-state index contributed by atoms with van der Waals surface area (Å²) in [5.41, 5.74) is 2.75. The van der Waals surface area contributed by atoms with Crippen molar-refractivity contribution >= 4 is 5.69 Å². The number of aryl methyl sites for hydroxylation is 1. The molecule has 0 N–H and O–H groups in total. The lowest BCUT2D eigenvalue weighted by molar-refractivity contribution is -0.385. The molecule has 0 bridgehead atoms. The molecule has 2 aliphatic heterocycles. The highest BCUT2D eigenvalue weighted by Gasteiger charge is 2.30. The highest BCUT2D eigenvalue weighted by atomic mass is 16.6. The molecule has 0 aromatic heterocycles. The minimum Gasteiger partial charge on any atom is -0.296 e. The monoisotopic (exact) mass is 232 g/mol. The number of benzene rings is 1. The van der Waals surface area contributed by atoms with Crippen molar-refractivity contribution in [3.05, 3.63) is 39.4 Å². The number of nitro benzene ring substituents is 1. The van der Waals surface area contributed by atoms with Gasteiger partial charge in [0.15, 0.2) is 0 Å². The van der Waals surface area contributed by atoms with Crippen LogP contribution in [0.25, 0.3) is 0 Å². The number of rotatable bonds is 1. The lowest BCUT2D eigenvalue weighted by atomic mass is 9.97. The second-order valence-electron chi connectivity index (χ2n) is 4.94. The molecule has 90 valence electrons. The number of fused-ring (bicyclic) bond motifs is 3. The maximum atomic E-state index is 10.9. The zero-order valence-corrected chi connectivity index (χ0v) is 9.76. The molecule has 0 radical (unpaired) electrons. The van der Waals surface area contributed by atoms with E-state index >= 15 is 0 Å². The van der Waals surface area contributed by atoms with Crippen molar-refractivity contribution in [1.29, 1.82) is 0 Å². The van der Waals surface area contributed by atoms with Gasteiger partial charge in [0.25, 0.3) is 5.69 Å². The second-order valence-corrected chi connectivity index (χ2v) is 4.94. The minimum atomic E-state index is -0.287. The van der Waals surface area contributed by atoms with Crippen LogP contribution in [-0.2, 0) is 6.42 Å². The van der Waals surface area contributed by atoms with E-state index in [0.29, 0.717) is 6.04 Å². The van der Waals surface area contributed by atoms with Crippen LogP contribution in [0.3, 0.4) is 0 Å². The van der Waals surface area contributed by atoms with Gasteiger partial charge in [-0.05, 0) is 49.9 Å². The average Bonchev–Trinajstić information content (AvgIpc) is 2.71. The van der Waals surface area contributed by atoms with Crippen LogP contribution in [0.2, 0.25) is 0 Å². The van der Waals surface area contributed by atoms with Gasteiger partial charge in [-0.1, -0.05) is 6.07 Å². The first kappa shape index (κ1) is 10.7. The molecule has 1 saturated heterocycles. The highest BCUT2D eigenvalue weighted by Crippen LogP contribution is 2.38. The second kappa shape index (κ2) is 4.11. The Morgan fingerprint density at radius 2 is 2.12 bits per heavy atom. The van der Waals surface area contributed by atoms with Crippen LogP contribution >= 0.6 is 0 Å². The average molecular weight is 232 g/mol. The highest BCUT2D eigenvalue weighted by molar-refractivity contribution is 5.42. The first-order valence-corrected chi connectivity index (χ1v) is 6.27. The molecule has 0 amide bonds. The summed E-state index contributed by atoms with van der Waals surface area (Å²) >= 11 is 0. The lowest BCUT2D eigenvalue weighted by Gasteiger charge is -2.22. The molecule has 1 fully saturated rings. The van der Waals surface area contributed by atoms with Crippen molar-refractivity contribution in [1.82, 2.24) is 4.90 Å². The largest absolute Gasteiger partial charge is 0.296 e. The van der Waals surface area contributed by atoms with Gasteiger partial charge in [0, 0.05) is 18.2 Å². The summed E-state index contributed by atoms with van der Waals surface area (Å²) < 4.78 is 0. The molecule has 1 atom stereocenters. The van der Waals surface area contributed by atoms with Crippen molar-refractivity contribution in [3.8, 4) is 0 Å². The third-order valence-corrected chi connectivity index (χ3v) is 3.95. The number of non-ortho nitro benzene ring substituents is 1. The molecule has 4 heteroatoms. The van der Waals surface area contributed by atoms with Crippen LogP contribution in [0, 0.1) is 10.1 Å². The maximum absolute atomic E-state index is 10.9. The Morgan fingerprint density at radius 3 is 2.94 bits per heavy atom. The summed E-state index contributed by atoms with van der Waals surface area (Å²) in [7, 11) is 0. The Labute approximate surface area is 100 Å². The Balaban J connectivity index is 2.06. The molecule has 4 nitrogen and oxygen atoms in total. The minimum absolute atomic E-state index is 0.234. The summed E-state index contributed by atoms with van der Waals surface area (Å²) in [5.74, 6) is 0. The fourth-order valence-electron chi connectivity index (χ4n) is 3.15. The van der Waals surface area contributed by atoms with Crippen LogP contribution < -0.4 is 0 Å². The van der Waals surface area contributed by atoms with Crippen molar-refractivity contribution in [3.63, 3.8) is 0 Å². The van der Waals surface area contributed by atoms with E-state index in [0.717, 1.165) is 25.9 Å². The SMILES string of the molecule is O=[N+]([O-])c1ccc2c(c1)C1CCCN1CCC2. The molecule has 3 rings (SSSR count). The normalized spacial score (nSPS) is 23.9. The van der Waals surface area contributed by atoms with Crippen molar-refractivity contribution in [2.75, 3.05) is 13.1 Å². The summed E-state index contributed by atoms with van der Waals surface area (Å²) in [4.78, 5) is 13.1. The topological polar surface area (TPSA) is 46.4 Å². The van der Waals surface area contributed by atoms with Crippen LogP contribution in [0.5, 0.6) is 0 Å². The standard InChI is InChI=1S/C13H16N2O2/c16-15(17)11-6-5-10-3-1-7-14-8-2-4-13(14)12(10)9-11/h5-6,9,13H,1-4,7-8H2. The van der Waals surface area contributed by atoms with Gasteiger partial charge in [-0.25, -0.2) is 0 Å². The van der Waals surface area contributed by atoms with Gasteiger partial charge in [-0.3, -0.25) is 15.0 Å². The number of hydrogen-bond donors (Lipinski definition) is 0. The smallest absolute Gasteiger partial charge is 0.269 e. The third-order valence-electron chi connectivity index (χ3n) is 3.95. The van der Waals surface area contributed by atoms with E-state index in [1.165, 1.54) is 24.0 Å². The predicted octanol–water partition coefficient (Wildman–Crippen LogP) is 2.68. The van der Waals surface area contributed by atoms with Gasteiger partial charge in [0.05, 0.1) is 4.92 Å².